The topological polar surface area (TPSA) is 102 Å². The lowest BCUT2D eigenvalue weighted by Gasteiger charge is -2.52. The number of esters is 1. The molecule has 2 heterocycles. The minimum atomic E-state index is -1.82. The summed E-state index contributed by atoms with van der Waals surface area (Å²) in [4.78, 5) is 24.1. The highest BCUT2D eigenvalue weighted by atomic mass is 16.7. The van der Waals surface area contributed by atoms with E-state index in [-0.39, 0.29) is 19.1 Å². The summed E-state index contributed by atoms with van der Waals surface area (Å²) in [6.45, 7) is 6.40. The number of aliphatic hydroxyl groups is 2. The number of hydrogen-bond donors (Lipinski definition) is 2. The summed E-state index contributed by atoms with van der Waals surface area (Å²) >= 11 is 0. The summed E-state index contributed by atoms with van der Waals surface area (Å²) in [7, 11) is 0. The van der Waals surface area contributed by atoms with E-state index in [0.29, 0.717) is 17.6 Å². The predicted molar refractivity (Wildman–Crippen MR) is 86.5 cm³/mol. The second-order valence-electron chi connectivity index (χ2n) is 7.54. The Morgan fingerprint density at radius 3 is 2.64 bits per heavy atom. The molecular formula is C18H26O7. The van der Waals surface area contributed by atoms with Crippen molar-refractivity contribution in [1.82, 2.24) is 0 Å². The van der Waals surface area contributed by atoms with Gasteiger partial charge in [0.2, 0.25) is 5.79 Å². The number of rotatable bonds is 1. The van der Waals surface area contributed by atoms with Gasteiger partial charge in [0.15, 0.2) is 17.5 Å². The van der Waals surface area contributed by atoms with Crippen LogP contribution in [-0.2, 0) is 23.8 Å². The van der Waals surface area contributed by atoms with Crippen molar-refractivity contribution in [3.05, 3.63) is 11.1 Å². The standard InChI is InChI=1S/C18H26O7/c1-9-5-6-15(24-11(3)19)18(25-9)10(2)12-7-14(20)17(4,22)16(21)13(12)8-23-18/h9-10,14-15,20,22H,5-8H2,1-4H3. The maximum Gasteiger partial charge on any atom is 0.303 e. The van der Waals surface area contributed by atoms with Gasteiger partial charge in [-0.1, -0.05) is 6.92 Å². The fraction of sp³-hybridized carbons (Fsp3) is 0.778. The quantitative estimate of drug-likeness (QED) is 0.673. The number of ether oxygens (including phenoxy) is 3. The van der Waals surface area contributed by atoms with Crippen LogP contribution in [0.25, 0.3) is 0 Å². The van der Waals surface area contributed by atoms with E-state index in [0.717, 1.165) is 6.42 Å². The van der Waals surface area contributed by atoms with Crippen LogP contribution in [0.15, 0.2) is 11.1 Å². The Labute approximate surface area is 146 Å². The van der Waals surface area contributed by atoms with E-state index >= 15 is 0 Å². The Hall–Kier alpha value is -1.28. The molecule has 0 amide bonds. The first kappa shape index (κ1) is 18.5. The third kappa shape index (κ3) is 2.83. The first-order chi connectivity index (χ1) is 11.6. The maximum atomic E-state index is 12.6. The number of carbonyl (C=O) groups excluding carboxylic acids is 2. The second kappa shape index (κ2) is 6.16. The van der Waals surface area contributed by atoms with E-state index in [1.165, 1.54) is 13.8 Å². The highest BCUT2D eigenvalue weighted by molar-refractivity contribution is 6.04. The van der Waals surface area contributed by atoms with Gasteiger partial charge < -0.3 is 24.4 Å². The minimum absolute atomic E-state index is 0.0359. The maximum absolute atomic E-state index is 12.6. The summed E-state index contributed by atoms with van der Waals surface area (Å²) in [5.41, 5.74) is -0.721. The Balaban J connectivity index is 2.00. The lowest BCUT2D eigenvalue weighted by atomic mass is 9.70. The lowest BCUT2D eigenvalue weighted by molar-refractivity contribution is -0.339. The molecule has 1 spiro atoms. The SMILES string of the molecule is CC(=O)OC1CCC(C)OC12OCC1=C(CC(O)C(C)(O)C1=O)C2C. The molecule has 0 aromatic heterocycles. The summed E-state index contributed by atoms with van der Waals surface area (Å²) in [6, 6.07) is 0. The number of hydrogen-bond acceptors (Lipinski definition) is 7. The highest BCUT2D eigenvalue weighted by Crippen LogP contribution is 2.48. The Bertz CT molecular complexity index is 623. The molecule has 0 bridgehead atoms. The molecule has 7 nitrogen and oxygen atoms in total. The van der Waals surface area contributed by atoms with Crippen molar-refractivity contribution in [1.29, 1.82) is 0 Å². The van der Waals surface area contributed by atoms with Crippen molar-refractivity contribution in [2.75, 3.05) is 6.61 Å². The second-order valence-corrected chi connectivity index (χ2v) is 7.54. The van der Waals surface area contributed by atoms with Gasteiger partial charge in [-0.2, -0.15) is 0 Å². The number of Topliss-reactive ketones (excluding diaryl/α,β-unsaturated/α-hetero) is 1. The van der Waals surface area contributed by atoms with Crippen LogP contribution >= 0.6 is 0 Å². The van der Waals surface area contributed by atoms with Crippen molar-refractivity contribution in [3.63, 3.8) is 0 Å². The van der Waals surface area contributed by atoms with E-state index in [2.05, 4.69) is 0 Å². The van der Waals surface area contributed by atoms with E-state index in [1.54, 1.807) is 0 Å². The van der Waals surface area contributed by atoms with Crippen molar-refractivity contribution in [2.24, 2.45) is 5.92 Å². The van der Waals surface area contributed by atoms with E-state index in [4.69, 9.17) is 14.2 Å². The molecule has 0 saturated carbocycles. The van der Waals surface area contributed by atoms with Gasteiger partial charge in [0.25, 0.3) is 0 Å². The normalized spacial score (nSPS) is 44.6. The first-order valence-electron chi connectivity index (χ1n) is 8.75. The van der Waals surface area contributed by atoms with Gasteiger partial charge in [-0.15, -0.1) is 0 Å². The molecule has 1 aliphatic carbocycles. The van der Waals surface area contributed by atoms with Gasteiger partial charge in [0.05, 0.1) is 18.8 Å². The monoisotopic (exact) mass is 354 g/mol. The van der Waals surface area contributed by atoms with Crippen LogP contribution in [0.1, 0.15) is 47.0 Å². The molecule has 3 aliphatic rings. The first-order valence-corrected chi connectivity index (χ1v) is 8.75. The van der Waals surface area contributed by atoms with E-state index in [1.807, 2.05) is 13.8 Å². The highest BCUT2D eigenvalue weighted by Gasteiger charge is 2.58. The number of carbonyl (C=O) groups is 2. The third-order valence-electron chi connectivity index (χ3n) is 5.73. The summed E-state index contributed by atoms with van der Waals surface area (Å²) in [5.74, 6) is -2.50. The van der Waals surface area contributed by atoms with Crippen molar-refractivity contribution >= 4 is 11.8 Å². The molecule has 0 aromatic carbocycles. The molecule has 6 atom stereocenters. The summed E-state index contributed by atoms with van der Waals surface area (Å²) < 4.78 is 17.6. The summed E-state index contributed by atoms with van der Waals surface area (Å²) in [6.07, 6.45) is -0.363. The van der Waals surface area contributed by atoms with Crippen LogP contribution in [0, 0.1) is 5.92 Å². The fourth-order valence-electron chi connectivity index (χ4n) is 4.17. The smallest absolute Gasteiger partial charge is 0.303 e. The molecule has 3 rings (SSSR count). The molecule has 7 heteroatoms. The van der Waals surface area contributed by atoms with E-state index < -0.39 is 41.3 Å². The average molecular weight is 354 g/mol. The van der Waals surface area contributed by atoms with Crippen LogP contribution in [-0.4, -0.2) is 58.3 Å². The van der Waals surface area contributed by atoms with Gasteiger partial charge in [-0.25, -0.2) is 0 Å². The molecule has 1 fully saturated rings. The predicted octanol–water partition coefficient (Wildman–Crippen LogP) is 0.861. The largest absolute Gasteiger partial charge is 0.457 e. The van der Waals surface area contributed by atoms with E-state index in [9.17, 15) is 19.8 Å². The lowest BCUT2D eigenvalue weighted by Crippen LogP contribution is -2.63. The van der Waals surface area contributed by atoms with Crippen molar-refractivity contribution < 1.29 is 34.0 Å². The minimum Gasteiger partial charge on any atom is -0.457 e. The van der Waals surface area contributed by atoms with Crippen LogP contribution in [0.2, 0.25) is 0 Å². The molecule has 0 aromatic rings. The van der Waals surface area contributed by atoms with Gasteiger partial charge in [0.1, 0.15) is 0 Å². The zero-order valence-electron chi connectivity index (χ0n) is 15.1. The van der Waals surface area contributed by atoms with Crippen LogP contribution < -0.4 is 0 Å². The fourth-order valence-corrected chi connectivity index (χ4v) is 4.17. The molecule has 140 valence electrons. The molecule has 0 radical (unpaired) electrons. The molecule has 2 N–H and O–H groups in total. The molecule has 6 unspecified atom stereocenters. The number of aliphatic hydroxyl groups excluding tert-OH is 1. The molecule has 2 aliphatic heterocycles. The van der Waals surface area contributed by atoms with Crippen LogP contribution in [0.3, 0.4) is 0 Å². The Kier molecular flexibility index (Phi) is 4.56. The molecule has 1 saturated heterocycles. The molecule has 25 heavy (non-hydrogen) atoms. The number of ketones is 1. The van der Waals surface area contributed by atoms with Crippen LogP contribution in [0.5, 0.6) is 0 Å². The van der Waals surface area contributed by atoms with Gasteiger partial charge in [0, 0.05) is 18.4 Å². The summed E-state index contributed by atoms with van der Waals surface area (Å²) in [5, 5.41) is 20.5. The Morgan fingerprint density at radius 2 is 2.00 bits per heavy atom. The molecular weight excluding hydrogens is 328 g/mol. The zero-order valence-corrected chi connectivity index (χ0v) is 15.1. The van der Waals surface area contributed by atoms with Crippen molar-refractivity contribution in [3.8, 4) is 0 Å². The van der Waals surface area contributed by atoms with Gasteiger partial charge in [-0.05, 0) is 38.7 Å². The van der Waals surface area contributed by atoms with Crippen LogP contribution in [0.4, 0.5) is 0 Å². The third-order valence-corrected chi connectivity index (χ3v) is 5.73. The Morgan fingerprint density at radius 1 is 1.32 bits per heavy atom. The van der Waals surface area contributed by atoms with Gasteiger partial charge in [-0.3, -0.25) is 9.59 Å². The average Bonchev–Trinajstić information content (AvgIpc) is 2.52. The van der Waals surface area contributed by atoms with Crippen molar-refractivity contribution in [2.45, 2.75) is 76.7 Å². The zero-order chi connectivity index (χ0) is 18.6. The van der Waals surface area contributed by atoms with Gasteiger partial charge >= 0.3 is 5.97 Å².